The Morgan fingerprint density at radius 2 is 2.00 bits per heavy atom. The monoisotopic (exact) mass is 410 g/mol. The van der Waals surface area contributed by atoms with Crippen molar-refractivity contribution < 1.29 is 4.79 Å². The third-order valence-corrected chi connectivity index (χ3v) is 6.56. The summed E-state index contributed by atoms with van der Waals surface area (Å²) in [6.07, 6.45) is 4.44. The summed E-state index contributed by atoms with van der Waals surface area (Å²) in [6.45, 7) is 4.73. The van der Waals surface area contributed by atoms with Gasteiger partial charge in [-0.05, 0) is 63.7 Å². The quantitative estimate of drug-likeness (QED) is 0.674. The molecule has 2 aliphatic rings. The molecule has 29 heavy (non-hydrogen) atoms. The standard InChI is InChI=1S/C21H26N6OS/c1-21(15-22,16-9-10-16)23-19(28)14-29-20-25-24-18(13-26-11-5-6-12-26)27(20)17-7-3-2-4-8-17/h2-4,7-8,16H,5-6,9-14H2,1H3,(H,23,28). The van der Waals surface area contributed by atoms with Crippen molar-refractivity contribution in [2.45, 2.75) is 49.8 Å². The van der Waals surface area contributed by atoms with Crippen LogP contribution >= 0.6 is 11.8 Å². The highest BCUT2D eigenvalue weighted by molar-refractivity contribution is 7.99. The summed E-state index contributed by atoms with van der Waals surface area (Å²) in [6, 6.07) is 12.3. The maximum absolute atomic E-state index is 12.5. The van der Waals surface area contributed by atoms with E-state index < -0.39 is 5.54 Å². The Kier molecular flexibility index (Phi) is 5.88. The maximum atomic E-state index is 12.5. The molecule has 7 nitrogen and oxygen atoms in total. The highest BCUT2D eigenvalue weighted by Crippen LogP contribution is 2.39. The van der Waals surface area contributed by atoms with Gasteiger partial charge in [0.1, 0.15) is 5.54 Å². The summed E-state index contributed by atoms with van der Waals surface area (Å²) < 4.78 is 2.04. The number of carbonyl (C=O) groups excluding carboxylic acids is 1. The first-order chi connectivity index (χ1) is 14.1. The van der Waals surface area contributed by atoms with Crippen molar-refractivity contribution in [3.05, 3.63) is 36.2 Å². The van der Waals surface area contributed by atoms with Crippen LogP contribution in [-0.4, -0.2) is 50.0 Å². The van der Waals surface area contributed by atoms with E-state index in [-0.39, 0.29) is 17.6 Å². The van der Waals surface area contributed by atoms with Gasteiger partial charge in [-0.15, -0.1) is 10.2 Å². The average Bonchev–Trinajstić information content (AvgIpc) is 3.35. The SMILES string of the molecule is CC(C#N)(NC(=O)CSc1nnc(CN2CCCC2)n1-c1ccccc1)C1CC1. The minimum atomic E-state index is -0.772. The molecule has 4 rings (SSSR count). The van der Waals surface area contributed by atoms with Crippen LogP contribution in [0.5, 0.6) is 0 Å². The zero-order chi connectivity index (χ0) is 20.3. The molecule has 1 N–H and O–H groups in total. The van der Waals surface area contributed by atoms with Gasteiger partial charge in [-0.25, -0.2) is 0 Å². The van der Waals surface area contributed by atoms with Crippen molar-refractivity contribution in [2.75, 3.05) is 18.8 Å². The molecule has 1 aliphatic carbocycles. The maximum Gasteiger partial charge on any atom is 0.231 e. The smallest absolute Gasteiger partial charge is 0.231 e. The van der Waals surface area contributed by atoms with Gasteiger partial charge in [0.2, 0.25) is 5.91 Å². The first-order valence-electron chi connectivity index (χ1n) is 10.2. The number of hydrogen-bond donors (Lipinski definition) is 1. The minimum Gasteiger partial charge on any atom is -0.337 e. The summed E-state index contributed by atoms with van der Waals surface area (Å²) in [5.74, 6) is 1.22. The topological polar surface area (TPSA) is 86.8 Å². The highest BCUT2D eigenvalue weighted by atomic mass is 32.2. The van der Waals surface area contributed by atoms with Crippen molar-refractivity contribution in [1.82, 2.24) is 25.0 Å². The summed E-state index contributed by atoms with van der Waals surface area (Å²) >= 11 is 1.36. The number of nitriles is 1. The molecule has 0 bridgehead atoms. The Hall–Kier alpha value is -2.37. The van der Waals surface area contributed by atoms with Gasteiger partial charge in [-0.3, -0.25) is 14.3 Å². The highest BCUT2D eigenvalue weighted by Gasteiger charge is 2.43. The van der Waals surface area contributed by atoms with E-state index in [1.165, 1.54) is 24.6 Å². The van der Waals surface area contributed by atoms with Crippen LogP contribution in [0.1, 0.15) is 38.4 Å². The third kappa shape index (κ3) is 4.62. The molecule has 1 saturated heterocycles. The van der Waals surface area contributed by atoms with E-state index in [4.69, 9.17) is 0 Å². The average molecular weight is 411 g/mol. The van der Waals surface area contributed by atoms with E-state index in [0.29, 0.717) is 5.16 Å². The van der Waals surface area contributed by atoms with Crippen LogP contribution in [0, 0.1) is 17.2 Å². The molecule has 1 saturated carbocycles. The summed E-state index contributed by atoms with van der Waals surface area (Å²) in [4.78, 5) is 14.9. The molecular weight excluding hydrogens is 384 g/mol. The molecule has 1 aromatic carbocycles. The van der Waals surface area contributed by atoms with Crippen molar-refractivity contribution in [1.29, 1.82) is 5.26 Å². The summed E-state index contributed by atoms with van der Waals surface area (Å²) in [5.41, 5.74) is 0.223. The number of para-hydroxylation sites is 1. The second kappa shape index (κ2) is 8.56. The number of nitrogens with zero attached hydrogens (tertiary/aromatic N) is 5. The molecule has 1 aliphatic heterocycles. The molecule has 2 fully saturated rings. The molecule has 1 aromatic heterocycles. The molecule has 0 radical (unpaired) electrons. The van der Waals surface area contributed by atoms with Crippen LogP contribution in [0.3, 0.4) is 0 Å². The van der Waals surface area contributed by atoms with Gasteiger partial charge in [-0.2, -0.15) is 5.26 Å². The second-order valence-corrected chi connectivity index (χ2v) is 8.92. The number of likely N-dealkylation sites (tertiary alicyclic amines) is 1. The second-order valence-electron chi connectivity index (χ2n) is 7.98. The van der Waals surface area contributed by atoms with Crippen LogP contribution in [0.25, 0.3) is 5.69 Å². The summed E-state index contributed by atoms with van der Waals surface area (Å²) in [5, 5.41) is 21.9. The Morgan fingerprint density at radius 3 is 2.66 bits per heavy atom. The Bertz CT molecular complexity index is 898. The molecule has 1 amide bonds. The lowest BCUT2D eigenvalue weighted by Gasteiger charge is -2.22. The molecule has 2 heterocycles. The Morgan fingerprint density at radius 1 is 1.28 bits per heavy atom. The van der Waals surface area contributed by atoms with Crippen molar-refractivity contribution >= 4 is 17.7 Å². The first-order valence-corrected chi connectivity index (χ1v) is 11.1. The van der Waals surface area contributed by atoms with Crippen molar-refractivity contribution in [2.24, 2.45) is 5.92 Å². The zero-order valence-electron chi connectivity index (χ0n) is 16.7. The lowest BCUT2D eigenvalue weighted by Crippen LogP contribution is -2.47. The van der Waals surface area contributed by atoms with E-state index in [0.717, 1.165) is 44.0 Å². The molecule has 1 atom stereocenters. The number of amides is 1. The molecule has 152 valence electrons. The van der Waals surface area contributed by atoms with Crippen LogP contribution < -0.4 is 5.32 Å². The number of thioether (sulfide) groups is 1. The van der Waals surface area contributed by atoms with Crippen LogP contribution in [0.4, 0.5) is 0 Å². The largest absolute Gasteiger partial charge is 0.337 e. The van der Waals surface area contributed by atoms with Crippen LogP contribution in [-0.2, 0) is 11.3 Å². The Balaban J connectivity index is 1.48. The molecule has 0 spiro atoms. The Labute approximate surface area is 175 Å². The fraction of sp³-hybridized carbons (Fsp3) is 0.524. The van der Waals surface area contributed by atoms with Gasteiger partial charge in [0.25, 0.3) is 0 Å². The van der Waals surface area contributed by atoms with Crippen LogP contribution in [0.2, 0.25) is 0 Å². The normalized spacial score (nSPS) is 18.9. The predicted molar refractivity (Wildman–Crippen MR) is 111 cm³/mol. The van der Waals surface area contributed by atoms with E-state index in [2.05, 4.69) is 26.5 Å². The van der Waals surface area contributed by atoms with Gasteiger partial charge in [0.15, 0.2) is 11.0 Å². The summed E-state index contributed by atoms with van der Waals surface area (Å²) in [7, 11) is 0. The van der Waals surface area contributed by atoms with Gasteiger partial charge in [-0.1, -0.05) is 30.0 Å². The van der Waals surface area contributed by atoms with E-state index in [1.54, 1.807) is 0 Å². The minimum absolute atomic E-state index is 0.144. The van der Waals surface area contributed by atoms with E-state index >= 15 is 0 Å². The number of hydrogen-bond acceptors (Lipinski definition) is 6. The van der Waals surface area contributed by atoms with Crippen LogP contribution in [0.15, 0.2) is 35.5 Å². The predicted octanol–water partition coefficient (Wildman–Crippen LogP) is 2.76. The van der Waals surface area contributed by atoms with Gasteiger partial charge < -0.3 is 5.32 Å². The molecular formula is C21H26N6OS. The molecule has 1 unspecified atom stereocenters. The number of aromatic nitrogens is 3. The van der Waals surface area contributed by atoms with E-state index in [9.17, 15) is 10.1 Å². The van der Waals surface area contributed by atoms with Gasteiger partial charge in [0.05, 0.1) is 18.4 Å². The zero-order valence-corrected chi connectivity index (χ0v) is 17.5. The number of benzene rings is 1. The van der Waals surface area contributed by atoms with E-state index in [1.807, 2.05) is 41.8 Å². The third-order valence-electron chi connectivity index (χ3n) is 5.64. The molecule has 2 aromatic rings. The van der Waals surface area contributed by atoms with Crippen molar-refractivity contribution in [3.63, 3.8) is 0 Å². The number of rotatable bonds is 8. The fourth-order valence-electron chi connectivity index (χ4n) is 3.81. The van der Waals surface area contributed by atoms with Gasteiger partial charge in [0, 0.05) is 5.69 Å². The number of nitrogens with one attached hydrogen (secondary N) is 1. The molecule has 8 heteroatoms. The fourth-order valence-corrected chi connectivity index (χ4v) is 4.58. The first kappa shape index (κ1) is 19.9. The lowest BCUT2D eigenvalue weighted by atomic mass is 9.98. The lowest BCUT2D eigenvalue weighted by molar-refractivity contribution is -0.119. The number of carbonyl (C=O) groups is 1. The van der Waals surface area contributed by atoms with Gasteiger partial charge >= 0.3 is 0 Å². The van der Waals surface area contributed by atoms with Crippen molar-refractivity contribution in [3.8, 4) is 11.8 Å².